The molecule has 1 aromatic rings. The van der Waals surface area contributed by atoms with Gasteiger partial charge in [-0.25, -0.2) is 4.79 Å². The molecule has 0 aromatic heterocycles. The van der Waals surface area contributed by atoms with Gasteiger partial charge in [-0.05, 0) is 67.7 Å². The van der Waals surface area contributed by atoms with Crippen molar-refractivity contribution in [3.8, 4) is 5.75 Å². The van der Waals surface area contributed by atoms with Crippen LogP contribution < -0.4 is 4.74 Å². The fourth-order valence-electron chi connectivity index (χ4n) is 3.98. The number of para-hydroxylation sites is 1. The minimum atomic E-state index is -0.510. The number of piperidine rings is 1. The monoisotopic (exact) mass is 423 g/mol. The van der Waals surface area contributed by atoms with Crippen molar-refractivity contribution < 1.29 is 19.1 Å². The molecule has 1 aliphatic carbocycles. The fraction of sp³-hybridized carbons (Fsp3) is 0.652. The second-order valence-electron chi connectivity index (χ2n) is 8.52. The Hall–Kier alpha value is -1.59. The molecule has 6 heteroatoms. The van der Waals surface area contributed by atoms with Crippen molar-refractivity contribution in [1.29, 1.82) is 0 Å². The van der Waals surface area contributed by atoms with Gasteiger partial charge in [0.05, 0.1) is 6.54 Å². The standard InChI is InChI=1S/C23H33NO4.ClH/c1-16(2)19-8-7-9-20(17(3)18-10-11-18)23(19)28-22(26)15-27-21(25)14-24-12-5-4-6-13-24;/h7-9,16-18H,4-6,10-15H2,1-3H3;1H/t17-;/m1./s1. The van der Waals surface area contributed by atoms with Crippen LogP contribution in [0.1, 0.15) is 75.8 Å². The molecular formula is C23H34ClNO4. The van der Waals surface area contributed by atoms with Gasteiger partial charge in [-0.15, -0.1) is 12.4 Å². The summed E-state index contributed by atoms with van der Waals surface area (Å²) in [6.07, 6.45) is 5.91. The van der Waals surface area contributed by atoms with Gasteiger partial charge in [0.2, 0.25) is 0 Å². The third kappa shape index (κ3) is 6.71. The van der Waals surface area contributed by atoms with Crippen molar-refractivity contribution in [2.75, 3.05) is 26.2 Å². The molecule has 0 spiro atoms. The quantitative estimate of drug-likeness (QED) is 0.448. The first-order chi connectivity index (χ1) is 13.5. The Kier molecular flexibility index (Phi) is 8.97. The maximum Gasteiger partial charge on any atom is 0.349 e. The second kappa shape index (κ2) is 11.0. The topological polar surface area (TPSA) is 55.8 Å². The molecule has 1 heterocycles. The van der Waals surface area contributed by atoms with E-state index in [-0.39, 0.29) is 37.4 Å². The van der Waals surface area contributed by atoms with E-state index in [1.165, 1.54) is 19.3 Å². The van der Waals surface area contributed by atoms with Crippen LogP contribution in [0.25, 0.3) is 0 Å². The van der Waals surface area contributed by atoms with Crippen LogP contribution in [0, 0.1) is 5.92 Å². The van der Waals surface area contributed by atoms with E-state index < -0.39 is 5.97 Å². The lowest BCUT2D eigenvalue weighted by molar-refractivity contribution is -0.154. The zero-order valence-electron chi connectivity index (χ0n) is 17.8. The summed E-state index contributed by atoms with van der Waals surface area (Å²) in [5.74, 6) is 1.07. The van der Waals surface area contributed by atoms with Crippen molar-refractivity contribution in [2.45, 2.75) is 64.7 Å². The van der Waals surface area contributed by atoms with E-state index >= 15 is 0 Å². The minimum absolute atomic E-state index is 0. The van der Waals surface area contributed by atoms with E-state index in [0.29, 0.717) is 17.6 Å². The molecule has 1 aliphatic heterocycles. The van der Waals surface area contributed by atoms with E-state index in [2.05, 4.69) is 31.7 Å². The van der Waals surface area contributed by atoms with Crippen LogP contribution in [-0.4, -0.2) is 43.1 Å². The molecule has 1 aromatic carbocycles. The van der Waals surface area contributed by atoms with Crippen LogP contribution in [0.5, 0.6) is 5.75 Å². The van der Waals surface area contributed by atoms with E-state index in [1.54, 1.807) is 0 Å². The van der Waals surface area contributed by atoms with E-state index in [9.17, 15) is 9.59 Å². The lowest BCUT2D eigenvalue weighted by Gasteiger charge is -2.25. The first-order valence-electron chi connectivity index (χ1n) is 10.7. The Balaban J connectivity index is 0.00000300. The molecule has 2 aliphatic rings. The maximum absolute atomic E-state index is 12.4. The predicted molar refractivity (Wildman–Crippen MR) is 116 cm³/mol. The molecule has 5 nitrogen and oxygen atoms in total. The minimum Gasteiger partial charge on any atom is -0.453 e. The summed E-state index contributed by atoms with van der Waals surface area (Å²) in [6.45, 7) is 8.14. The van der Waals surface area contributed by atoms with Gasteiger partial charge in [-0.1, -0.05) is 45.4 Å². The summed E-state index contributed by atoms with van der Waals surface area (Å²) in [4.78, 5) is 26.6. The molecule has 1 saturated heterocycles. The Labute approximate surface area is 180 Å². The summed E-state index contributed by atoms with van der Waals surface area (Å²) in [6, 6.07) is 6.11. The average Bonchev–Trinajstić information content (AvgIpc) is 3.52. The second-order valence-corrected chi connectivity index (χ2v) is 8.52. The molecule has 0 unspecified atom stereocenters. The fourth-order valence-corrected chi connectivity index (χ4v) is 3.98. The summed E-state index contributed by atoms with van der Waals surface area (Å²) < 4.78 is 10.9. The zero-order valence-corrected chi connectivity index (χ0v) is 18.6. The molecule has 29 heavy (non-hydrogen) atoms. The third-order valence-corrected chi connectivity index (χ3v) is 5.89. The van der Waals surface area contributed by atoms with Gasteiger partial charge >= 0.3 is 11.9 Å². The van der Waals surface area contributed by atoms with Gasteiger partial charge in [-0.2, -0.15) is 0 Å². The molecule has 0 N–H and O–H groups in total. The number of likely N-dealkylation sites (tertiary alicyclic amines) is 1. The SMILES string of the molecule is CC(C)c1cccc([C@H](C)C2CC2)c1OC(=O)COC(=O)CN1CCCCC1.Cl. The maximum atomic E-state index is 12.4. The average molecular weight is 424 g/mol. The number of hydrogen-bond donors (Lipinski definition) is 0. The number of hydrogen-bond acceptors (Lipinski definition) is 5. The van der Waals surface area contributed by atoms with Gasteiger partial charge < -0.3 is 9.47 Å². The van der Waals surface area contributed by atoms with Crippen LogP contribution >= 0.6 is 12.4 Å². The Morgan fingerprint density at radius 3 is 2.31 bits per heavy atom. The molecule has 0 amide bonds. The highest BCUT2D eigenvalue weighted by Crippen LogP contribution is 2.46. The first-order valence-corrected chi connectivity index (χ1v) is 10.7. The largest absolute Gasteiger partial charge is 0.453 e. The van der Waals surface area contributed by atoms with Gasteiger partial charge in [-0.3, -0.25) is 9.69 Å². The van der Waals surface area contributed by atoms with E-state index in [0.717, 1.165) is 37.1 Å². The Bertz CT molecular complexity index is 696. The molecule has 3 rings (SSSR count). The molecule has 1 atom stereocenters. The number of carbonyl (C=O) groups excluding carboxylic acids is 2. The summed E-state index contributed by atoms with van der Waals surface area (Å²) in [7, 11) is 0. The molecule has 2 fully saturated rings. The van der Waals surface area contributed by atoms with Crippen LogP contribution in [0.3, 0.4) is 0 Å². The number of rotatable bonds is 8. The number of benzene rings is 1. The van der Waals surface area contributed by atoms with Crippen molar-refractivity contribution in [1.82, 2.24) is 4.90 Å². The highest BCUT2D eigenvalue weighted by atomic mass is 35.5. The molecule has 1 saturated carbocycles. The number of halogens is 1. The van der Waals surface area contributed by atoms with Gasteiger partial charge in [0.15, 0.2) is 6.61 Å². The summed E-state index contributed by atoms with van der Waals surface area (Å²) in [5.41, 5.74) is 2.11. The molecule has 0 radical (unpaired) electrons. The first kappa shape index (κ1) is 23.7. The molecule has 162 valence electrons. The van der Waals surface area contributed by atoms with Crippen molar-refractivity contribution in [3.63, 3.8) is 0 Å². The van der Waals surface area contributed by atoms with Crippen LogP contribution in [0.4, 0.5) is 0 Å². The Morgan fingerprint density at radius 2 is 1.69 bits per heavy atom. The summed E-state index contributed by atoms with van der Waals surface area (Å²) in [5, 5.41) is 0. The number of esters is 2. The lowest BCUT2D eigenvalue weighted by atomic mass is 9.90. The van der Waals surface area contributed by atoms with Crippen LogP contribution in [0.15, 0.2) is 18.2 Å². The molecular weight excluding hydrogens is 390 g/mol. The predicted octanol–water partition coefficient (Wildman–Crippen LogP) is 4.68. The van der Waals surface area contributed by atoms with Crippen molar-refractivity contribution in [2.24, 2.45) is 5.92 Å². The highest BCUT2D eigenvalue weighted by molar-refractivity contribution is 5.85. The normalized spacial score (nSPS) is 18.1. The number of ether oxygens (including phenoxy) is 2. The van der Waals surface area contributed by atoms with E-state index in [1.807, 2.05) is 12.1 Å². The number of nitrogens with zero attached hydrogens (tertiary/aromatic N) is 1. The third-order valence-electron chi connectivity index (χ3n) is 5.89. The van der Waals surface area contributed by atoms with E-state index in [4.69, 9.17) is 9.47 Å². The lowest BCUT2D eigenvalue weighted by Crippen LogP contribution is -2.36. The number of carbonyl (C=O) groups is 2. The Morgan fingerprint density at radius 1 is 1.03 bits per heavy atom. The smallest absolute Gasteiger partial charge is 0.349 e. The van der Waals surface area contributed by atoms with Crippen molar-refractivity contribution in [3.05, 3.63) is 29.3 Å². The van der Waals surface area contributed by atoms with Crippen LogP contribution in [0.2, 0.25) is 0 Å². The zero-order chi connectivity index (χ0) is 20.1. The van der Waals surface area contributed by atoms with Gasteiger partial charge in [0.1, 0.15) is 5.75 Å². The summed E-state index contributed by atoms with van der Waals surface area (Å²) >= 11 is 0. The van der Waals surface area contributed by atoms with Crippen molar-refractivity contribution >= 4 is 24.3 Å². The van der Waals surface area contributed by atoms with Gasteiger partial charge in [0.25, 0.3) is 0 Å². The van der Waals surface area contributed by atoms with Crippen LogP contribution in [-0.2, 0) is 14.3 Å². The van der Waals surface area contributed by atoms with Gasteiger partial charge in [0, 0.05) is 0 Å². The molecule has 0 bridgehead atoms. The highest BCUT2D eigenvalue weighted by Gasteiger charge is 2.32.